The minimum Gasteiger partial charge on any atom is -0.497 e. The van der Waals surface area contributed by atoms with Crippen LogP contribution in [0.15, 0.2) is 18.2 Å². The van der Waals surface area contributed by atoms with Crippen molar-refractivity contribution in [2.24, 2.45) is 5.92 Å². The lowest BCUT2D eigenvalue weighted by Gasteiger charge is -2.34. The van der Waals surface area contributed by atoms with Gasteiger partial charge in [0.1, 0.15) is 23.6 Å². The number of urea groups is 1. The van der Waals surface area contributed by atoms with Crippen molar-refractivity contribution in [1.29, 1.82) is 0 Å². The molecule has 1 spiro atoms. The fraction of sp³-hybridized carbons (Fsp3) is 0.550. The molecule has 0 unspecified atom stereocenters. The number of amides is 4. The first-order valence-electron chi connectivity index (χ1n) is 9.58. The van der Waals surface area contributed by atoms with Crippen LogP contribution in [-0.2, 0) is 9.59 Å². The Morgan fingerprint density at radius 2 is 1.79 bits per heavy atom. The summed E-state index contributed by atoms with van der Waals surface area (Å²) in [6, 6.07) is 4.46. The number of rotatable bonds is 6. The third-order valence-corrected chi connectivity index (χ3v) is 5.72. The number of nitrogens with zero attached hydrogens (tertiary/aromatic N) is 1. The number of anilines is 1. The fourth-order valence-corrected chi connectivity index (χ4v) is 3.96. The Morgan fingerprint density at radius 3 is 2.32 bits per heavy atom. The first-order chi connectivity index (χ1) is 13.4. The van der Waals surface area contributed by atoms with Crippen molar-refractivity contribution in [3.05, 3.63) is 18.2 Å². The summed E-state index contributed by atoms with van der Waals surface area (Å²) in [6.45, 7) is 1.81. The molecular weight excluding hydrogens is 362 g/mol. The van der Waals surface area contributed by atoms with E-state index in [4.69, 9.17) is 9.47 Å². The molecule has 0 bridgehead atoms. The molecule has 28 heavy (non-hydrogen) atoms. The van der Waals surface area contributed by atoms with Gasteiger partial charge in [-0.2, -0.15) is 0 Å². The van der Waals surface area contributed by atoms with E-state index in [1.165, 1.54) is 14.2 Å². The predicted octanol–water partition coefficient (Wildman–Crippen LogP) is 2.53. The predicted molar refractivity (Wildman–Crippen MR) is 103 cm³/mol. The van der Waals surface area contributed by atoms with Gasteiger partial charge in [-0.15, -0.1) is 0 Å². The summed E-state index contributed by atoms with van der Waals surface area (Å²) in [5, 5.41) is 5.53. The Labute approximate surface area is 164 Å². The average molecular weight is 389 g/mol. The van der Waals surface area contributed by atoms with Gasteiger partial charge in [-0.05, 0) is 31.6 Å². The fourth-order valence-electron chi connectivity index (χ4n) is 3.96. The highest BCUT2D eigenvalue weighted by atomic mass is 16.5. The number of nitrogens with one attached hydrogen (secondary N) is 2. The van der Waals surface area contributed by atoms with Crippen molar-refractivity contribution >= 4 is 23.5 Å². The molecular formula is C20H27N3O5. The Hall–Kier alpha value is -2.77. The van der Waals surface area contributed by atoms with Crippen molar-refractivity contribution < 1.29 is 23.9 Å². The summed E-state index contributed by atoms with van der Waals surface area (Å²) in [7, 11) is 3.03. The lowest BCUT2D eigenvalue weighted by molar-refractivity contribution is -0.135. The molecule has 0 aromatic heterocycles. The lowest BCUT2D eigenvalue weighted by atomic mass is 9.75. The highest BCUT2D eigenvalue weighted by Gasteiger charge is 2.52. The van der Waals surface area contributed by atoms with Gasteiger partial charge in [-0.3, -0.25) is 14.5 Å². The maximum Gasteiger partial charge on any atom is 0.325 e. The molecule has 0 radical (unpaired) electrons. The molecule has 0 atom stereocenters. The Kier molecular flexibility index (Phi) is 5.76. The topological polar surface area (TPSA) is 97.0 Å². The summed E-state index contributed by atoms with van der Waals surface area (Å²) < 4.78 is 10.4. The number of hydrogen-bond acceptors (Lipinski definition) is 5. The molecule has 4 amide bonds. The average Bonchev–Trinajstić information content (AvgIpc) is 2.92. The molecule has 1 aliphatic heterocycles. The van der Waals surface area contributed by atoms with Crippen LogP contribution in [0.4, 0.5) is 10.5 Å². The highest BCUT2D eigenvalue weighted by molar-refractivity contribution is 6.10. The quantitative estimate of drug-likeness (QED) is 0.729. The van der Waals surface area contributed by atoms with Gasteiger partial charge in [0.05, 0.1) is 14.2 Å². The SMILES string of the molecule is CCC1CCC2(CC1)NC(=O)N(CC(=O)Nc1cc(OC)cc(OC)c1)C2=O. The maximum atomic E-state index is 12.9. The van der Waals surface area contributed by atoms with E-state index in [2.05, 4.69) is 17.6 Å². The van der Waals surface area contributed by atoms with Gasteiger partial charge in [0.2, 0.25) is 5.91 Å². The van der Waals surface area contributed by atoms with Crippen molar-refractivity contribution in [2.75, 3.05) is 26.1 Å². The van der Waals surface area contributed by atoms with Crippen LogP contribution in [0, 0.1) is 5.92 Å². The minimum absolute atomic E-state index is 0.301. The minimum atomic E-state index is -0.845. The second-order valence-corrected chi connectivity index (χ2v) is 7.40. The number of ether oxygens (including phenoxy) is 2. The van der Waals surface area contributed by atoms with Gasteiger partial charge in [0, 0.05) is 23.9 Å². The van der Waals surface area contributed by atoms with Crippen molar-refractivity contribution in [3.63, 3.8) is 0 Å². The van der Waals surface area contributed by atoms with Crippen LogP contribution in [-0.4, -0.2) is 49.0 Å². The maximum absolute atomic E-state index is 12.9. The third-order valence-electron chi connectivity index (χ3n) is 5.72. The Morgan fingerprint density at radius 1 is 1.18 bits per heavy atom. The molecule has 1 saturated heterocycles. The summed E-state index contributed by atoms with van der Waals surface area (Å²) in [5.41, 5.74) is -0.381. The summed E-state index contributed by atoms with van der Waals surface area (Å²) >= 11 is 0. The molecule has 8 nitrogen and oxygen atoms in total. The molecule has 152 valence electrons. The molecule has 1 aromatic carbocycles. The number of benzene rings is 1. The highest BCUT2D eigenvalue weighted by Crippen LogP contribution is 2.37. The van der Waals surface area contributed by atoms with E-state index < -0.39 is 17.5 Å². The van der Waals surface area contributed by atoms with E-state index in [9.17, 15) is 14.4 Å². The summed E-state index contributed by atoms with van der Waals surface area (Å²) in [4.78, 5) is 38.7. The smallest absolute Gasteiger partial charge is 0.325 e. The van der Waals surface area contributed by atoms with Crippen molar-refractivity contribution in [3.8, 4) is 11.5 Å². The number of hydrogen-bond donors (Lipinski definition) is 2. The zero-order valence-electron chi connectivity index (χ0n) is 16.5. The van der Waals surface area contributed by atoms with Crippen molar-refractivity contribution in [2.45, 2.75) is 44.6 Å². The van der Waals surface area contributed by atoms with E-state index in [-0.39, 0.29) is 12.5 Å². The zero-order valence-corrected chi connectivity index (χ0v) is 16.5. The van der Waals surface area contributed by atoms with Crippen molar-refractivity contribution in [1.82, 2.24) is 10.2 Å². The second kappa shape index (κ2) is 8.08. The molecule has 8 heteroatoms. The normalized spacial score (nSPS) is 24.2. The van der Waals surface area contributed by atoms with Crippen LogP contribution in [0.2, 0.25) is 0 Å². The van der Waals surface area contributed by atoms with E-state index >= 15 is 0 Å². The van der Waals surface area contributed by atoms with Gasteiger partial charge in [0.15, 0.2) is 0 Å². The van der Waals surface area contributed by atoms with Gasteiger partial charge in [-0.1, -0.05) is 13.3 Å². The van der Waals surface area contributed by atoms with E-state index in [1.807, 2.05) is 0 Å². The molecule has 2 aliphatic rings. The number of methoxy groups -OCH3 is 2. The molecule has 1 saturated carbocycles. The van der Waals surface area contributed by atoms with Gasteiger partial charge >= 0.3 is 6.03 Å². The number of carbonyl (C=O) groups is 3. The van der Waals surface area contributed by atoms with Crippen LogP contribution in [0.5, 0.6) is 11.5 Å². The van der Waals surface area contributed by atoms with Crippen LogP contribution < -0.4 is 20.1 Å². The molecule has 1 aromatic rings. The monoisotopic (exact) mass is 389 g/mol. The first kappa shape index (κ1) is 20.0. The first-order valence-corrected chi connectivity index (χ1v) is 9.58. The van der Waals surface area contributed by atoms with Crippen LogP contribution in [0.1, 0.15) is 39.0 Å². The van der Waals surface area contributed by atoms with Gasteiger partial charge < -0.3 is 20.1 Å². The number of imide groups is 1. The molecule has 1 heterocycles. The summed E-state index contributed by atoms with van der Waals surface area (Å²) in [5.74, 6) is 0.881. The Bertz CT molecular complexity index is 749. The van der Waals surface area contributed by atoms with Gasteiger partial charge in [0.25, 0.3) is 5.91 Å². The molecule has 2 N–H and O–H groups in total. The van der Waals surface area contributed by atoms with E-state index in [0.29, 0.717) is 35.9 Å². The van der Waals surface area contributed by atoms with Crippen LogP contribution >= 0.6 is 0 Å². The number of carbonyl (C=O) groups excluding carboxylic acids is 3. The zero-order chi connectivity index (χ0) is 20.3. The largest absolute Gasteiger partial charge is 0.497 e. The van der Waals surface area contributed by atoms with Crippen LogP contribution in [0.3, 0.4) is 0 Å². The lowest BCUT2D eigenvalue weighted by Crippen LogP contribution is -2.49. The standard InChI is InChI=1S/C20H27N3O5/c1-4-13-5-7-20(8-6-13)18(25)23(19(26)22-20)12-17(24)21-14-9-15(27-2)11-16(10-14)28-3/h9-11,13H,4-8,12H2,1-3H3,(H,21,24)(H,22,26). The Balaban J connectivity index is 1.66. The second-order valence-electron chi connectivity index (χ2n) is 7.40. The van der Waals surface area contributed by atoms with Crippen LogP contribution in [0.25, 0.3) is 0 Å². The van der Waals surface area contributed by atoms with E-state index in [0.717, 1.165) is 24.2 Å². The molecule has 1 aliphatic carbocycles. The van der Waals surface area contributed by atoms with Gasteiger partial charge in [-0.25, -0.2) is 4.79 Å². The third kappa shape index (κ3) is 3.90. The summed E-state index contributed by atoms with van der Waals surface area (Å²) in [6.07, 6.45) is 4.15. The molecule has 2 fully saturated rings. The molecule has 3 rings (SSSR count). The van der Waals surface area contributed by atoms with E-state index in [1.54, 1.807) is 18.2 Å².